The Morgan fingerprint density at radius 1 is 0.318 bits per heavy atom. The number of esters is 1. The zero-order valence-corrected chi connectivity index (χ0v) is 59.5. The minimum atomic E-state index is -0.663. The lowest BCUT2D eigenvalue weighted by atomic mass is 10.0. The molecule has 0 aromatic rings. The van der Waals surface area contributed by atoms with Crippen molar-refractivity contribution < 1.29 is 24.5 Å². The van der Waals surface area contributed by atoms with E-state index >= 15 is 0 Å². The average molecular weight is 1240 g/mol. The molecule has 6 nitrogen and oxygen atoms in total. The highest BCUT2D eigenvalue weighted by molar-refractivity contribution is 5.76. The van der Waals surface area contributed by atoms with Crippen LogP contribution in [0.4, 0.5) is 0 Å². The molecule has 0 saturated heterocycles. The van der Waals surface area contributed by atoms with Crippen molar-refractivity contribution in [3.05, 3.63) is 48.6 Å². The quantitative estimate of drug-likeness (QED) is 0.0320. The predicted octanol–water partition coefficient (Wildman–Crippen LogP) is 26.4. The average Bonchev–Trinajstić information content (AvgIpc) is 3.58. The van der Waals surface area contributed by atoms with Gasteiger partial charge in [-0.05, 0) is 89.9 Å². The number of carbonyl (C=O) groups is 2. The number of aliphatic hydroxyl groups is 2. The Labute approximate surface area is 550 Å². The van der Waals surface area contributed by atoms with Crippen LogP contribution in [-0.4, -0.2) is 47.4 Å². The van der Waals surface area contributed by atoms with Gasteiger partial charge in [0.25, 0.3) is 0 Å². The summed E-state index contributed by atoms with van der Waals surface area (Å²) in [7, 11) is 0. The summed E-state index contributed by atoms with van der Waals surface area (Å²) in [5, 5.41) is 23.4. The van der Waals surface area contributed by atoms with Crippen LogP contribution in [0.25, 0.3) is 0 Å². The molecular weight excluding hydrogens is 1080 g/mol. The number of hydrogen-bond donors (Lipinski definition) is 3. The second-order valence-corrected chi connectivity index (χ2v) is 27.4. The van der Waals surface area contributed by atoms with E-state index in [2.05, 4.69) is 67.8 Å². The normalized spacial score (nSPS) is 12.7. The van der Waals surface area contributed by atoms with Crippen LogP contribution in [0.2, 0.25) is 0 Å². The zero-order valence-electron chi connectivity index (χ0n) is 59.5. The summed E-state index contributed by atoms with van der Waals surface area (Å²) in [6.07, 6.45) is 102. The van der Waals surface area contributed by atoms with E-state index in [1.165, 1.54) is 347 Å². The lowest BCUT2D eigenvalue weighted by Gasteiger charge is -2.22. The highest BCUT2D eigenvalue weighted by Crippen LogP contribution is 2.19. The number of nitrogens with one attached hydrogen (secondary N) is 1. The van der Waals surface area contributed by atoms with Gasteiger partial charge in [-0.2, -0.15) is 0 Å². The highest BCUT2D eigenvalue weighted by atomic mass is 16.5. The van der Waals surface area contributed by atoms with Gasteiger partial charge in [0.2, 0.25) is 5.91 Å². The molecule has 2 atom stereocenters. The summed E-state index contributed by atoms with van der Waals surface area (Å²) in [5.41, 5.74) is 0. The first-order chi connectivity index (χ1) is 43.5. The molecule has 0 aliphatic rings. The maximum absolute atomic E-state index is 12.5. The Balaban J connectivity index is 3.36. The van der Waals surface area contributed by atoms with Crippen LogP contribution in [0.3, 0.4) is 0 Å². The molecule has 0 heterocycles. The third kappa shape index (κ3) is 72.9. The summed E-state index contributed by atoms with van der Waals surface area (Å²) in [6.45, 7) is 4.97. The maximum atomic E-state index is 12.5. The molecule has 0 bridgehead atoms. The van der Waals surface area contributed by atoms with Gasteiger partial charge in [0.15, 0.2) is 0 Å². The minimum Gasteiger partial charge on any atom is -0.466 e. The summed E-state index contributed by atoms with van der Waals surface area (Å²) in [5.74, 6) is -0.0227. The standard InChI is InChI=1S/C82H155NO5/c1-3-5-7-9-11-13-15-17-19-21-43-46-50-54-58-62-66-70-74-80(85)79(78-84)83-81(86)75-71-67-63-59-55-51-47-44-41-39-37-35-33-31-29-27-25-23-22-24-26-28-30-32-34-36-38-40-42-45-49-53-57-61-65-69-73-77-88-82(87)76-72-68-64-60-56-52-48-20-18-16-14-12-10-8-6-4-2/h14,16,20,22,24,28,30,48,79-80,84-85H,3-13,15,17-19,21,23,25-27,29,31-47,49-78H2,1-2H3,(H,83,86)/b16-14-,24-22-,30-28-,48-20-. The molecule has 0 radical (unpaired) electrons. The van der Waals surface area contributed by atoms with Crippen LogP contribution in [0.5, 0.6) is 0 Å². The van der Waals surface area contributed by atoms with E-state index in [-0.39, 0.29) is 18.5 Å². The number of rotatable bonds is 75. The first-order valence-corrected chi connectivity index (χ1v) is 39.9. The molecule has 3 N–H and O–H groups in total. The van der Waals surface area contributed by atoms with E-state index in [9.17, 15) is 19.8 Å². The van der Waals surface area contributed by atoms with Crippen LogP contribution in [0.1, 0.15) is 438 Å². The van der Waals surface area contributed by atoms with Crippen molar-refractivity contribution >= 4 is 11.9 Å². The second kappa shape index (κ2) is 77.3. The number of hydrogen-bond acceptors (Lipinski definition) is 5. The second-order valence-electron chi connectivity index (χ2n) is 27.4. The van der Waals surface area contributed by atoms with E-state index < -0.39 is 12.1 Å². The van der Waals surface area contributed by atoms with Crippen LogP contribution in [-0.2, 0) is 14.3 Å². The van der Waals surface area contributed by atoms with E-state index in [0.29, 0.717) is 25.9 Å². The van der Waals surface area contributed by atoms with Crippen molar-refractivity contribution in [3.8, 4) is 0 Å². The number of aliphatic hydroxyl groups excluding tert-OH is 2. The molecule has 0 rings (SSSR count). The van der Waals surface area contributed by atoms with Crippen molar-refractivity contribution in [2.45, 2.75) is 450 Å². The third-order valence-electron chi connectivity index (χ3n) is 18.6. The van der Waals surface area contributed by atoms with Gasteiger partial charge in [-0.25, -0.2) is 0 Å². The third-order valence-corrected chi connectivity index (χ3v) is 18.6. The Bertz CT molecular complexity index is 1470. The largest absolute Gasteiger partial charge is 0.466 e. The molecule has 0 spiro atoms. The van der Waals surface area contributed by atoms with Gasteiger partial charge in [0.05, 0.1) is 25.4 Å². The summed E-state index contributed by atoms with van der Waals surface area (Å²) >= 11 is 0. The lowest BCUT2D eigenvalue weighted by Crippen LogP contribution is -2.45. The molecule has 518 valence electrons. The van der Waals surface area contributed by atoms with Crippen molar-refractivity contribution in [3.63, 3.8) is 0 Å². The van der Waals surface area contributed by atoms with Gasteiger partial charge in [0, 0.05) is 12.8 Å². The molecule has 0 aromatic heterocycles. The first-order valence-electron chi connectivity index (χ1n) is 39.9. The van der Waals surface area contributed by atoms with Gasteiger partial charge < -0.3 is 20.3 Å². The lowest BCUT2D eigenvalue weighted by molar-refractivity contribution is -0.143. The van der Waals surface area contributed by atoms with Crippen molar-refractivity contribution in [1.82, 2.24) is 5.32 Å². The number of carbonyl (C=O) groups excluding carboxylic acids is 2. The Morgan fingerprint density at radius 2 is 0.568 bits per heavy atom. The Morgan fingerprint density at radius 3 is 0.875 bits per heavy atom. The van der Waals surface area contributed by atoms with Crippen LogP contribution < -0.4 is 5.32 Å². The Hall–Kier alpha value is -2.18. The molecule has 0 fully saturated rings. The van der Waals surface area contributed by atoms with Gasteiger partial charge in [0.1, 0.15) is 0 Å². The van der Waals surface area contributed by atoms with Gasteiger partial charge in [-0.15, -0.1) is 0 Å². The van der Waals surface area contributed by atoms with Crippen LogP contribution >= 0.6 is 0 Å². The van der Waals surface area contributed by atoms with E-state index in [1.807, 2.05) is 0 Å². The molecule has 0 aliphatic carbocycles. The topological polar surface area (TPSA) is 95.9 Å². The predicted molar refractivity (Wildman–Crippen MR) is 389 cm³/mol. The molecule has 6 heteroatoms. The van der Waals surface area contributed by atoms with E-state index in [1.54, 1.807) is 0 Å². The van der Waals surface area contributed by atoms with Crippen LogP contribution in [0, 0.1) is 0 Å². The van der Waals surface area contributed by atoms with Gasteiger partial charge >= 0.3 is 5.97 Å². The Kier molecular flexibility index (Phi) is 75.4. The fourth-order valence-electron chi connectivity index (χ4n) is 12.5. The van der Waals surface area contributed by atoms with Gasteiger partial charge in [-0.3, -0.25) is 9.59 Å². The van der Waals surface area contributed by atoms with Crippen molar-refractivity contribution in [1.29, 1.82) is 0 Å². The fraction of sp³-hybridized carbons (Fsp3) is 0.878. The van der Waals surface area contributed by atoms with E-state index in [4.69, 9.17) is 4.74 Å². The molecule has 88 heavy (non-hydrogen) atoms. The molecule has 0 aromatic carbocycles. The van der Waals surface area contributed by atoms with E-state index in [0.717, 1.165) is 57.8 Å². The van der Waals surface area contributed by atoms with Gasteiger partial charge in [-0.1, -0.05) is 383 Å². The number of allylic oxidation sites excluding steroid dienone is 8. The summed E-state index contributed by atoms with van der Waals surface area (Å²) < 4.78 is 5.50. The number of ether oxygens (including phenoxy) is 1. The SMILES string of the molecule is CCCCCC/C=C\C/C=C\CCCCCCCC(=O)OCCCCCCCCCCCCCCC/C=C\C/C=C\CCCCCCCCCCCCCCCCCCCC(=O)NC(CO)C(O)CCCCCCCCCCCCCCCCCCCC. The number of unbranched alkanes of at least 4 members (excludes halogenated alkanes) is 56. The molecule has 0 saturated carbocycles. The van der Waals surface area contributed by atoms with Crippen molar-refractivity contribution in [2.24, 2.45) is 0 Å². The monoisotopic (exact) mass is 1230 g/mol. The highest BCUT2D eigenvalue weighted by Gasteiger charge is 2.20. The summed E-state index contributed by atoms with van der Waals surface area (Å²) in [4.78, 5) is 24.6. The first kappa shape index (κ1) is 85.8. The maximum Gasteiger partial charge on any atom is 0.305 e. The molecular formula is C82H155NO5. The molecule has 0 aliphatic heterocycles. The van der Waals surface area contributed by atoms with Crippen molar-refractivity contribution in [2.75, 3.05) is 13.2 Å². The molecule has 2 unspecified atom stereocenters. The number of amides is 1. The summed E-state index contributed by atoms with van der Waals surface area (Å²) in [6, 6.07) is -0.540. The smallest absolute Gasteiger partial charge is 0.305 e. The fourth-order valence-corrected chi connectivity index (χ4v) is 12.5. The zero-order chi connectivity index (χ0) is 63.5. The molecule has 1 amide bonds. The minimum absolute atomic E-state index is 0.00565. The van der Waals surface area contributed by atoms with Crippen LogP contribution in [0.15, 0.2) is 48.6 Å².